The first-order valence-corrected chi connectivity index (χ1v) is 14.5. The normalized spacial score (nSPS) is 21.8. The maximum Gasteiger partial charge on any atom is 0.229 e. The zero-order valence-electron chi connectivity index (χ0n) is 21.8. The largest absolute Gasteiger partial charge is 0.380 e. The molecule has 0 radical (unpaired) electrons. The molecule has 0 unspecified atom stereocenters. The number of pyridine rings is 1. The fraction of sp³-hybridized carbons (Fsp3) is 0.370. The number of ether oxygens (including phenoxy) is 1. The molecule has 39 heavy (non-hydrogen) atoms. The third kappa shape index (κ3) is 5.36. The van der Waals surface area contributed by atoms with E-state index in [4.69, 9.17) is 10.5 Å². The highest BCUT2D eigenvalue weighted by molar-refractivity contribution is 7.91. The van der Waals surface area contributed by atoms with Crippen molar-refractivity contribution in [2.24, 2.45) is 11.7 Å². The lowest BCUT2D eigenvalue weighted by Gasteiger charge is -2.38. The van der Waals surface area contributed by atoms with Crippen molar-refractivity contribution in [3.05, 3.63) is 71.7 Å². The third-order valence-electron chi connectivity index (χ3n) is 7.28. The zero-order valence-corrected chi connectivity index (χ0v) is 22.6. The molecule has 3 N–H and O–H groups in total. The van der Waals surface area contributed by atoms with Gasteiger partial charge in [-0.15, -0.1) is 0 Å². The van der Waals surface area contributed by atoms with E-state index < -0.39 is 32.8 Å². The number of anilines is 2. The van der Waals surface area contributed by atoms with Crippen molar-refractivity contribution < 1.29 is 21.9 Å². The molecule has 3 heterocycles. The number of fused-ring (bicyclic) bond motifs is 1. The van der Waals surface area contributed by atoms with Gasteiger partial charge in [-0.3, -0.25) is 4.98 Å². The Hall–Kier alpha value is -3.48. The first kappa shape index (κ1) is 27.1. The van der Waals surface area contributed by atoms with Crippen molar-refractivity contribution in [1.29, 1.82) is 0 Å². The van der Waals surface area contributed by atoms with E-state index in [1.807, 2.05) is 13.0 Å². The number of nitrogens with two attached hydrogens (primary N) is 1. The molecule has 0 amide bonds. The Kier molecular flexibility index (Phi) is 7.36. The van der Waals surface area contributed by atoms with Crippen LogP contribution < -0.4 is 11.1 Å². The van der Waals surface area contributed by atoms with Gasteiger partial charge in [-0.1, -0.05) is 6.92 Å². The average molecular weight is 557 g/mol. The summed E-state index contributed by atoms with van der Waals surface area (Å²) in [5, 5.41) is 7.15. The van der Waals surface area contributed by atoms with Crippen LogP contribution >= 0.6 is 0 Å². The summed E-state index contributed by atoms with van der Waals surface area (Å²) in [6.45, 7) is 2.00. The minimum atomic E-state index is -3.28. The van der Waals surface area contributed by atoms with Crippen LogP contribution in [0, 0.1) is 17.6 Å². The molecular weight excluding hydrogens is 526 g/mol. The molecule has 4 atom stereocenters. The van der Waals surface area contributed by atoms with Crippen molar-refractivity contribution in [3.63, 3.8) is 0 Å². The van der Waals surface area contributed by atoms with Crippen molar-refractivity contribution in [2.45, 2.75) is 43.6 Å². The van der Waals surface area contributed by atoms with E-state index in [-0.39, 0.29) is 29.7 Å². The van der Waals surface area contributed by atoms with Gasteiger partial charge in [0.1, 0.15) is 11.6 Å². The van der Waals surface area contributed by atoms with Gasteiger partial charge in [0.2, 0.25) is 5.95 Å². The Morgan fingerprint density at radius 1 is 1.15 bits per heavy atom. The maximum atomic E-state index is 14.9. The van der Waals surface area contributed by atoms with Gasteiger partial charge in [0.05, 0.1) is 46.7 Å². The van der Waals surface area contributed by atoms with Gasteiger partial charge in [-0.05, 0) is 66.1 Å². The molecular formula is C27H30F2N6O3S. The smallest absolute Gasteiger partial charge is 0.229 e. The molecule has 9 nitrogen and oxygen atoms in total. The Morgan fingerprint density at radius 3 is 2.56 bits per heavy atom. The van der Waals surface area contributed by atoms with Crippen LogP contribution in [-0.4, -0.2) is 52.7 Å². The van der Waals surface area contributed by atoms with E-state index in [2.05, 4.69) is 20.4 Å². The SMILES string of the molecule is COCc1cc(F)c(-c2ccc3cnc(Nc4cnccc4[C@H]4C[C@@H](N)[C@@H](S(C)(=O)=O)[C@@H](C)C4)n3n2)c(F)c1. The first-order valence-electron chi connectivity index (χ1n) is 12.5. The topological polar surface area (TPSA) is 124 Å². The van der Waals surface area contributed by atoms with Gasteiger partial charge in [0, 0.05) is 25.6 Å². The van der Waals surface area contributed by atoms with Crippen molar-refractivity contribution in [2.75, 3.05) is 18.7 Å². The van der Waals surface area contributed by atoms with E-state index in [0.29, 0.717) is 35.6 Å². The molecule has 1 aromatic carbocycles. The van der Waals surface area contributed by atoms with Gasteiger partial charge in [0.25, 0.3) is 0 Å². The number of benzene rings is 1. The Morgan fingerprint density at radius 2 is 1.90 bits per heavy atom. The fourth-order valence-electron chi connectivity index (χ4n) is 5.77. The molecule has 206 valence electrons. The van der Waals surface area contributed by atoms with E-state index in [9.17, 15) is 17.2 Å². The highest BCUT2D eigenvalue weighted by atomic mass is 32.2. The predicted molar refractivity (Wildman–Crippen MR) is 144 cm³/mol. The Labute approximate surface area is 225 Å². The number of rotatable bonds is 7. The van der Waals surface area contributed by atoms with E-state index in [1.165, 1.54) is 36.1 Å². The fourth-order valence-corrected chi connectivity index (χ4v) is 7.47. The van der Waals surface area contributed by atoms with Gasteiger partial charge in [-0.2, -0.15) is 9.61 Å². The van der Waals surface area contributed by atoms with Crippen LogP contribution in [0.5, 0.6) is 0 Å². The summed E-state index contributed by atoms with van der Waals surface area (Å²) in [4.78, 5) is 8.67. The van der Waals surface area contributed by atoms with Gasteiger partial charge in [-0.25, -0.2) is 22.2 Å². The Balaban J connectivity index is 1.47. The standard InChI is InChI=1S/C27H30F2N6O3S/c1-15-8-17(11-22(30)26(15)39(3,36)37)19-6-7-31-13-24(19)33-27-32-12-18-4-5-23(34-35(18)27)25-20(28)9-16(14-38-2)10-21(25)29/h4-7,9-10,12-13,15,17,22,26H,8,11,14,30H2,1-3H3,(H,32,33)/t15-,17+,22+,26-/m0/s1. The van der Waals surface area contributed by atoms with Crippen LogP contribution in [0.4, 0.5) is 20.4 Å². The highest BCUT2D eigenvalue weighted by Crippen LogP contribution is 2.41. The van der Waals surface area contributed by atoms with Crippen molar-refractivity contribution in [3.8, 4) is 11.3 Å². The molecule has 3 aromatic heterocycles. The Bertz CT molecular complexity index is 1590. The summed E-state index contributed by atoms with van der Waals surface area (Å²) in [5.41, 5.74) is 8.81. The number of aromatic nitrogens is 4. The highest BCUT2D eigenvalue weighted by Gasteiger charge is 2.40. The quantitative estimate of drug-likeness (QED) is 0.347. The minimum Gasteiger partial charge on any atom is -0.380 e. The molecule has 1 saturated carbocycles. The second kappa shape index (κ2) is 10.6. The average Bonchev–Trinajstić information content (AvgIpc) is 3.25. The number of hydrogen-bond acceptors (Lipinski definition) is 8. The maximum absolute atomic E-state index is 14.9. The monoisotopic (exact) mass is 556 g/mol. The number of halogens is 2. The molecule has 1 aliphatic carbocycles. The van der Waals surface area contributed by atoms with E-state index >= 15 is 0 Å². The minimum absolute atomic E-state index is 0.00190. The first-order chi connectivity index (χ1) is 18.6. The summed E-state index contributed by atoms with van der Waals surface area (Å²) in [6.07, 6.45) is 7.32. The van der Waals surface area contributed by atoms with Gasteiger partial charge >= 0.3 is 0 Å². The number of sulfone groups is 1. The molecule has 5 rings (SSSR count). The van der Waals surface area contributed by atoms with E-state index in [0.717, 1.165) is 5.56 Å². The van der Waals surface area contributed by atoms with Gasteiger partial charge in [0.15, 0.2) is 9.84 Å². The van der Waals surface area contributed by atoms with Crippen LogP contribution in [-0.2, 0) is 21.2 Å². The van der Waals surface area contributed by atoms with Crippen molar-refractivity contribution in [1.82, 2.24) is 19.6 Å². The lowest BCUT2D eigenvalue weighted by molar-refractivity contribution is 0.184. The third-order valence-corrected chi connectivity index (χ3v) is 9.09. The van der Waals surface area contributed by atoms with Crippen LogP contribution in [0.15, 0.2) is 48.9 Å². The van der Waals surface area contributed by atoms with Crippen LogP contribution in [0.25, 0.3) is 16.8 Å². The summed E-state index contributed by atoms with van der Waals surface area (Å²) in [6, 6.07) is 7.07. The zero-order chi connectivity index (χ0) is 27.9. The summed E-state index contributed by atoms with van der Waals surface area (Å²) < 4.78 is 60.8. The molecule has 0 spiro atoms. The summed E-state index contributed by atoms with van der Waals surface area (Å²) in [7, 11) is -1.82. The van der Waals surface area contributed by atoms with Crippen molar-refractivity contribution >= 4 is 27.0 Å². The lowest BCUT2D eigenvalue weighted by atomic mass is 9.76. The second-order valence-corrected chi connectivity index (χ2v) is 12.4. The summed E-state index contributed by atoms with van der Waals surface area (Å²) >= 11 is 0. The predicted octanol–water partition coefficient (Wildman–Crippen LogP) is 4.21. The number of methoxy groups -OCH3 is 1. The molecule has 0 saturated heterocycles. The number of imidazole rings is 1. The molecule has 1 fully saturated rings. The number of nitrogens with one attached hydrogen (secondary N) is 1. The number of hydrogen-bond donors (Lipinski definition) is 2. The second-order valence-electron chi connectivity index (χ2n) is 10.2. The van der Waals surface area contributed by atoms with Crippen LogP contribution in [0.1, 0.15) is 36.8 Å². The number of nitrogens with zero attached hydrogens (tertiary/aromatic N) is 4. The molecule has 4 aromatic rings. The van der Waals surface area contributed by atoms with E-state index in [1.54, 1.807) is 24.7 Å². The van der Waals surface area contributed by atoms with Crippen LogP contribution in [0.2, 0.25) is 0 Å². The molecule has 1 aliphatic rings. The van der Waals surface area contributed by atoms with Gasteiger partial charge < -0.3 is 15.8 Å². The lowest BCUT2D eigenvalue weighted by Crippen LogP contribution is -2.48. The summed E-state index contributed by atoms with van der Waals surface area (Å²) in [5.74, 6) is -1.27. The molecule has 0 aliphatic heterocycles. The molecule has 12 heteroatoms. The van der Waals surface area contributed by atoms with Crippen LogP contribution in [0.3, 0.4) is 0 Å². The molecule has 0 bridgehead atoms.